The third-order valence-electron chi connectivity index (χ3n) is 13.9. The zero-order valence-electron chi connectivity index (χ0n) is 30.7. The fraction of sp³-hybridized carbons (Fsp3) is 0.816. The van der Waals surface area contributed by atoms with Gasteiger partial charge in [0.25, 0.3) is 0 Å². The summed E-state index contributed by atoms with van der Waals surface area (Å²) in [6, 6.07) is 0. The van der Waals surface area contributed by atoms with Gasteiger partial charge in [-0.15, -0.1) is 0 Å². The molecule has 2 aliphatic rings. The Labute approximate surface area is 264 Å². The van der Waals surface area contributed by atoms with Crippen molar-refractivity contribution >= 4 is 17.5 Å². The molecule has 0 aromatic rings. The highest BCUT2D eigenvalue weighted by atomic mass is 16.5. The molecule has 246 valence electrons. The molecule has 1 heterocycles. The Kier molecular flexibility index (Phi) is 11.9. The second kappa shape index (κ2) is 13.7. The average Bonchev–Trinajstić information content (AvgIpc) is 2.96. The molecule has 43 heavy (non-hydrogen) atoms. The summed E-state index contributed by atoms with van der Waals surface area (Å²) in [4.78, 5) is 41.5. The Morgan fingerprint density at radius 1 is 0.651 bits per heavy atom. The van der Waals surface area contributed by atoms with Crippen LogP contribution in [0.5, 0.6) is 0 Å². The molecule has 1 aliphatic heterocycles. The molecule has 11 unspecified atom stereocenters. The second-order valence-electron chi connectivity index (χ2n) is 16.1. The normalized spacial score (nSPS) is 40.5. The van der Waals surface area contributed by atoms with Crippen molar-refractivity contribution in [2.75, 3.05) is 7.11 Å². The highest BCUT2D eigenvalue weighted by Gasteiger charge is 2.46. The first kappa shape index (κ1) is 37.4. The number of rotatable bonds is 1. The zero-order valence-corrected chi connectivity index (χ0v) is 30.7. The predicted molar refractivity (Wildman–Crippen MR) is 178 cm³/mol. The number of hydrogen-bond donors (Lipinski definition) is 1. The molecule has 1 fully saturated rings. The lowest BCUT2D eigenvalue weighted by atomic mass is 9.57. The minimum absolute atomic E-state index is 0.0212. The van der Waals surface area contributed by atoms with Crippen LogP contribution in [0.3, 0.4) is 0 Å². The summed E-state index contributed by atoms with van der Waals surface area (Å²) < 4.78 is 6.16. The molecular weight excluding hydrogens is 534 g/mol. The highest BCUT2D eigenvalue weighted by molar-refractivity contribution is 6.25. The quantitative estimate of drug-likeness (QED) is 0.306. The van der Waals surface area contributed by atoms with Crippen LogP contribution in [0.15, 0.2) is 22.4 Å². The predicted octanol–water partition coefficient (Wildman–Crippen LogP) is 8.68. The number of nitrogens with one attached hydrogen (secondary N) is 1. The first-order valence-corrected chi connectivity index (χ1v) is 16.9. The molecule has 0 saturated carbocycles. The van der Waals surface area contributed by atoms with Crippen LogP contribution < -0.4 is 5.32 Å². The number of Topliss-reactive ketones (excluding diaryl/α,β-unsaturated/α-hetero) is 2. The zero-order chi connectivity index (χ0) is 33.5. The monoisotopic (exact) mass is 599 g/mol. The van der Waals surface area contributed by atoms with Gasteiger partial charge in [0.1, 0.15) is 0 Å². The van der Waals surface area contributed by atoms with E-state index in [0.717, 1.165) is 6.42 Å². The first-order chi connectivity index (χ1) is 19.6. The summed E-state index contributed by atoms with van der Waals surface area (Å²) in [5.41, 5.74) is 0.839. The number of ketones is 2. The number of ether oxygens (including phenoxy) is 1. The fourth-order valence-electron chi connectivity index (χ4n) is 8.16. The van der Waals surface area contributed by atoms with E-state index in [4.69, 9.17) is 4.74 Å². The molecular formula is C38H65NO4. The molecule has 2 rings (SSSR count). The third kappa shape index (κ3) is 6.92. The third-order valence-corrected chi connectivity index (χ3v) is 13.9. The summed E-state index contributed by atoms with van der Waals surface area (Å²) in [5.74, 6) is 2.12. The topological polar surface area (TPSA) is 72.5 Å². The van der Waals surface area contributed by atoms with Crippen molar-refractivity contribution in [3.8, 4) is 0 Å². The number of fused-ring (bicyclic) bond motifs is 2. The Balaban J connectivity index is 2.71. The van der Waals surface area contributed by atoms with E-state index in [1.165, 1.54) is 0 Å². The van der Waals surface area contributed by atoms with E-state index < -0.39 is 5.41 Å². The maximum Gasteiger partial charge on any atom is 0.230 e. The SMILES string of the molecule is COC1CC(C)C(C)C2=C(C)C(=O)C(C)=C(NC(=O)C(C)(C)C(C)C(C)C(C)C(C)C(C)C(C)(C)C(C)C(C)C1C)C2=O. The van der Waals surface area contributed by atoms with E-state index in [1.54, 1.807) is 21.0 Å². The van der Waals surface area contributed by atoms with Crippen LogP contribution in [-0.4, -0.2) is 30.7 Å². The van der Waals surface area contributed by atoms with Gasteiger partial charge in [0, 0.05) is 29.2 Å². The average molecular weight is 600 g/mol. The molecule has 0 aromatic carbocycles. The Morgan fingerprint density at radius 3 is 1.60 bits per heavy atom. The number of hydrogen-bond acceptors (Lipinski definition) is 4. The maximum absolute atomic E-state index is 14.1. The van der Waals surface area contributed by atoms with Crippen molar-refractivity contribution in [3.05, 3.63) is 22.4 Å². The van der Waals surface area contributed by atoms with Crippen LogP contribution in [0.1, 0.15) is 117 Å². The smallest absolute Gasteiger partial charge is 0.230 e. The molecule has 11 atom stereocenters. The van der Waals surface area contributed by atoms with Crippen LogP contribution in [0, 0.1) is 70.0 Å². The molecule has 0 spiro atoms. The summed E-state index contributed by atoms with van der Waals surface area (Å²) in [6.45, 7) is 35.1. The molecule has 1 N–H and O–H groups in total. The van der Waals surface area contributed by atoms with Gasteiger partial charge in [-0.2, -0.15) is 0 Å². The summed E-state index contributed by atoms with van der Waals surface area (Å²) in [7, 11) is 1.80. The van der Waals surface area contributed by atoms with Gasteiger partial charge >= 0.3 is 0 Å². The lowest BCUT2D eigenvalue weighted by Crippen LogP contribution is -2.47. The van der Waals surface area contributed by atoms with Gasteiger partial charge in [0.05, 0.1) is 11.8 Å². The molecule has 2 bridgehead atoms. The first-order valence-electron chi connectivity index (χ1n) is 16.9. The van der Waals surface area contributed by atoms with Crippen LogP contribution >= 0.6 is 0 Å². The Hall–Kier alpha value is -1.75. The lowest BCUT2D eigenvalue weighted by Gasteiger charge is -2.48. The minimum atomic E-state index is -0.746. The Morgan fingerprint density at radius 2 is 1.12 bits per heavy atom. The molecule has 1 aliphatic carbocycles. The van der Waals surface area contributed by atoms with Crippen molar-refractivity contribution in [2.45, 2.75) is 123 Å². The van der Waals surface area contributed by atoms with E-state index in [2.05, 4.69) is 81.5 Å². The fourth-order valence-corrected chi connectivity index (χ4v) is 8.16. The van der Waals surface area contributed by atoms with Gasteiger partial charge in [0.2, 0.25) is 11.7 Å². The van der Waals surface area contributed by atoms with Gasteiger partial charge in [-0.3, -0.25) is 14.4 Å². The molecule has 1 amide bonds. The lowest BCUT2D eigenvalue weighted by molar-refractivity contribution is -0.133. The van der Waals surface area contributed by atoms with Crippen molar-refractivity contribution in [1.82, 2.24) is 5.32 Å². The van der Waals surface area contributed by atoms with Crippen molar-refractivity contribution < 1.29 is 19.1 Å². The molecule has 0 radical (unpaired) electrons. The van der Waals surface area contributed by atoms with E-state index in [9.17, 15) is 14.4 Å². The highest BCUT2D eigenvalue weighted by Crippen LogP contribution is 2.49. The van der Waals surface area contributed by atoms with Gasteiger partial charge in [-0.1, -0.05) is 96.9 Å². The molecule has 0 aromatic heterocycles. The van der Waals surface area contributed by atoms with Gasteiger partial charge < -0.3 is 10.1 Å². The number of amides is 1. The largest absolute Gasteiger partial charge is 0.381 e. The molecule has 5 nitrogen and oxygen atoms in total. The summed E-state index contributed by atoms with van der Waals surface area (Å²) in [5, 5.41) is 2.99. The van der Waals surface area contributed by atoms with Crippen molar-refractivity contribution in [2.24, 2.45) is 70.0 Å². The number of carbonyl (C=O) groups excluding carboxylic acids is 3. The maximum atomic E-state index is 14.1. The van der Waals surface area contributed by atoms with E-state index >= 15 is 0 Å². The minimum Gasteiger partial charge on any atom is -0.381 e. The summed E-state index contributed by atoms with van der Waals surface area (Å²) >= 11 is 0. The van der Waals surface area contributed by atoms with Gasteiger partial charge in [0.15, 0.2) is 5.78 Å². The van der Waals surface area contributed by atoms with Crippen molar-refractivity contribution in [3.63, 3.8) is 0 Å². The standard InChI is InChI=1S/C38H65NO4/c1-19-18-31(43-17)25(7)24(6)29(11)37(13,14)28(10)22(4)21(3)23(5)30(12)38(15,16)36(42)39-33-27(9)34(40)26(8)32(20(19)2)35(33)41/h19-25,28-31H,18H2,1-17H3,(H,39,42). The molecule has 1 saturated heterocycles. The van der Waals surface area contributed by atoms with Gasteiger partial charge in [-0.25, -0.2) is 0 Å². The number of allylic oxidation sites excluding steroid dienone is 3. The van der Waals surface area contributed by atoms with E-state index in [0.29, 0.717) is 52.2 Å². The van der Waals surface area contributed by atoms with Gasteiger partial charge in [-0.05, 0) is 84.9 Å². The number of methoxy groups -OCH3 is 1. The van der Waals surface area contributed by atoms with Crippen LogP contribution in [0.4, 0.5) is 0 Å². The van der Waals surface area contributed by atoms with Crippen molar-refractivity contribution in [1.29, 1.82) is 0 Å². The Bertz CT molecular complexity index is 1130. The molecule has 5 heteroatoms. The summed E-state index contributed by atoms with van der Waals surface area (Å²) in [6.07, 6.45) is 0.803. The van der Waals surface area contributed by atoms with E-state index in [-0.39, 0.29) is 58.4 Å². The second-order valence-corrected chi connectivity index (χ2v) is 16.1. The number of carbonyl (C=O) groups is 3. The van der Waals surface area contributed by atoms with Crippen LogP contribution in [0.2, 0.25) is 0 Å². The van der Waals surface area contributed by atoms with Crippen LogP contribution in [0.25, 0.3) is 0 Å². The van der Waals surface area contributed by atoms with E-state index in [1.807, 2.05) is 20.8 Å². The van der Waals surface area contributed by atoms with Crippen LogP contribution in [-0.2, 0) is 19.1 Å².